The van der Waals surface area contributed by atoms with Crippen LogP contribution in [0.2, 0.25) is 0 Å². The Balaban J connectivity index is 2.58. The summed E-state index contributed by atoms with van der Waals surface area (Å²) in [4.78, 5) is 13.1. The van der Waals surface area contributed by atoms with E-state index in [4.69, 9.17) is 5.11 Å². The van der Waals surface area contributed by atoms with E-state index in [0.717, 1.165) is 13.0 Å². The molecule has 0 aromatic heterocycles. The van der Waals surface area contributed by atoms with Crippen LogP contribution in [0.5, 0.6) is 0 Å². The topological polar surface area (TPSA) is 40.5 Å². The number of carbonyl (C=O) groups is 1. The summed E-state index contributed by atoms with van der Waals surface area (Å²) in [6.07, 6.45) is 5.06. The third-order valence-electron chi connectivity index (χ3n) is 3.74. The highest BCUT2D eigenvalue weighted by Gasteiger charge is 2.16. The molecule has 0 amide bonds. The quantitative estimate of drug-likeness (QED) is 0.654. The molecule has 3 nitrogen and oxygen atoms in total. The van der Waals surface area contributed by atoms with Crippen molar-refractivity contribution in [3.05, 3.63) is 35.9 Å². The summed E-state index contributed by atoms with van der Waals surface area (Å²) in [6, 6.07) is 10.6. The predicted molar refractivity (Wildman–Crippen MR) is 82.8 cm³/mol. The maximum Gasteiger partial charge on any atom is 0.304 e. The Morgan fingerprint density at radius 2 is 1.85 bits per heavy atom. The Kier molecular flexibility index (Phi) is 7.97. The first-order valence-electron chi connectivity index (χ1n) is 7.66. The smallest absolute Gasteiger partial charge is 0.304 e. The normalized spacial score (nSPS) is 12.6. The van der Waals surface area contributed by atoms with Gasteiger partial charge in [-0.2, -0.15) is 0 Å². The first-order valence-corrected chi connectivity index (χ1v) is 7.66. The summed E-state index contributed by atoms with van der Waals surface area (Å²) in [6.45, 7) is 5.96. The molecule has 0 radical (unpaired) electrons. The van der Waals surface area contributed by atoms with E-state index in [2.05, 4.69) is 30.9 Å². The lowest BCUT2D eigenvalue weighted by Gasteiger charge is -2.29. The number of rotatable bonds is 10. The van der Waals surface area contributed by atoms with Crippen LogP contribution in [0, 0.1) is 0 Å². The van der Waals surface area contributed by atoms with E-state index in [1.54, 1.807) is 0 Å². The molecule has 112 valence electrons. The Labute approximate surface area is 122 Å². The minimum atomic E-state index is -0.719. The fraction of sp³-hybridized carbons (Fsp3) is 0.588. The van der Waals surface area contributed by atoms with Crippen LogP contribution < -0.4 is 0 Å². The molecule has 1 N–H and O–H groups in total. The maximum absolute atomic E-state index is 10.8. The van der Waals surface area contributed by atoms with Crippen LogP contribution in [0.3, 0.4) is 0 Å². The SMILES string of the molecule is CCCCCCN(CCC(=O)O)C(C)c1ccccc1. The van der Waals surface area contributed by atoms with Crippen LogP contribution in [-0.4, -0.2) is 29.1 Å². The zero-order chi connectivity index (χ0) is 14.8. The molecule has 20 heavy (non-hydrogen) atoms. The van der Waals surface area contributed by atoms with Gasteiger partial charge in [0.15, 0.2) is 0 Å². The van der Waals surface area contributed by atoms with Gasteiger partial charge in [0.25, 0.3) is 0 Å². The Bertz CT molecular complexity index is 378. The molecule has 0 aliphatic carbocycles. The van der Waals surface area contributed by atoms with Crippen LogP contribution in [-0.2, 0) is 4.79 Å². The number of carboxylic acid groups (broad SMARTS) is 1. The molecule has 1 aromatic carbocycles. The van der Waals surface area contributed by atoms with Gasteiger partial charge in [0.1, 0.15) is 0 Å². The summed E-state index contributed by atoms with van der Waals surface area (Å²) < 4.78 is 0. The molecule has 0 aliphatic heterocycles. The van der Waals surface area contributed by atoms with E-state index >= 15 is 0 Å². The number of hydrogen-bond donors (Lipinski definition) is 1. The zero-order valence-corrected chi connectivity index (χ0v) is 12.7. The van der Waals surface area contributed by atoms with Crippen molar-refractivity contribution in [1.29, 1.82) is 0 Å². The van der Waals surface area contributed by atoms with Crippen molar-refractivity contribution in [1.82, 2.24) is 4.90 Å². The number of hydrogen-bond acceptors (Lipinski definition) is 2. The second kappa shape index (κ2) is 9.54. The monoisotopic (exact) mass is 277 g/mol. The highest BCUT2D eigenvalue weighted by atomic mass is 16.4. The van der Waals surface area contributed by atoms with Gasteiger partial charge in [-0.1, -0.05) is 56.5 Å². The van der Waals surface area contributed by atoms with Gasteiger partial charge in [-0.15, -0.1) is 0 Å². The van der Waals surface area contributed by atoms with Gasteiger partial charge in [0.2, 0.25) is 0 Å². The van der Waals surface area contributed by atoms with Crippen LogP contribution in [0.4, 0.5) is 0 Å². The molecule has 0 saturated carbocycles. The predicted octanol–water partition coefficient (Wildman–Crippen LogP) is 4.10. The number of nitrogens with zero attached hydrogens (tertiary/aromatic N) is 1. The van der Waals surface area contributed by atoms with Gasteiger partial charge in [0.05, 0.1) is 6.42 Å². The summed E-state index contributed by atoms with van der Waals surface area (Å²) >= 11 is 0. The second-order valence-electron chi connectivity index (χ2n) is 5.33. The highest BCUT2D eigenvalue weighted by Crippen LogP contribution is 2.20. The molecule has 0 aliphatic rings. The van der Waals surface area contributed by atoms with Crippen molar-refractivity contribution in [3.8, 4) is 0 Å². The summed E-state index contributed by atoms with van der Waals surface area (Å²) in [5, 5.41) is 8.90. The Morgan fingerprint density at radius 1 is 1.15 bits per heavy atom. The van der Waals surface area contributed by atoms with E-state index in [1.807, 2.05) is 18.2 Å². The van der Waals surface area contributed by atoms with Gasteiger partial charge >= 0.3 is 5.97 Å². The molecular weight excluding hydrogens is 250 g/mol. The van der Waals surface area contributed by atoms with Crippen molar-refractivity contribution >= 4 is 5.97 Å². The molecule has 1 unspecified atom stereocenters. The van der Waals surface area contributed by atoms with E-state index in [9.17, 15) is 4.79 Å². The summed E-state index contributed by atoms with van der Waals surface area (Å²) in [5.74, 6) is -0.719. The minimum absolute atomic E-state index is 0.213. The highest BCUT2D eigenvalue weighted by molar-refractivity contribution is 5.66. The third kappa shape index (κ3) is 6.20. The first-order chi connectivity index (χ1) is 9.65. The van der Waals surface area contributed by atoms with Gasteiger partial charge < -0.3 is 5.11 Å². The third-order valence-corrected chi connectivity index (χ3v) is 3.74. The van der Waals surface area contributed by atoms with Gasteiger partial charge in [-0.25, -0.2) is 0 Å². The van der Waals surface area contributed by atoms with Crippen molar-refractivity contribution in [3.63, 3.8) is 0 Å². The van der Waals surface area contributed by atoms with Crippen molar-refractivity contribution in [2.24, 2.45) is 0 Å². The largest absolute Gasteiger partial charge is 0.481 e. The molecule has 1 rings (SSSR count). The standard InChI is InChI=1S/C17H27NO2/c1-3-4-5-9-13-18(14-12-17(19)20)15(2)16-10-7-6-8-11-16/h6-8,10-11,15H,3-5,9,12-14H2,1-2H3,(H,19,20). The van der Waals surface area contributed by atoms with E-state index in [1.165, 1.54) is 24.8 Å². The summed E-state index contributed by atoms with van der Waals surface area (Å²) in [5.41, 5.74) is 1.26. The van der Waals surface area contributed by atoms with Crippen molar-refractivity contribution in [2.75, 3.05) is 13.1 Å². The van der Waals surface area contributed by atoms with Crippen LogP contribution in [0.1, 0.15) is 57.6 Å². The minimum Gasteiger partial charge on any atom is -0.481 e. The molecule has 1 atom stereocenters. The molecule has 0 spiro atoms. The summed E-state index contributed by atoms with van der Waals surface area (Å²) in [7, 11) is 0. The fourth-order valence-corrected chi connectivity index (χ4v) is 2.42. The number of aliphatic carboxylic acids is 1. The van der Waals surface area contributed by atoms with Crippen LogP contribution in [0.15, 0.2) is 30.3 Å². The molecule has 0 fully saturated rings. The number of benzene rings is 1. The lowest BCUT2D eigenvalue weighted by Crippen LogP contribution is -2.30. The average molecular weight is 277 g/mol. The average Bonchev–Trinajstić information content (AvgIpc) is 2.46. The Morgan fingerprint density at radius 3 is 2.45 bits per heavy atom. The molecular formula is C17H27NO2. The molecule has 0 bridgehead atoms. The second-order valence-corrected chi connectivity index (χ2v) is 5.33. The Hall–Kier alpha value is -1.35. The zero-order valence-electron chi connectivity index (χ0n) is 12.7. The van der Waals surface area contributed by atoms with Crippen LogP contribution in [0.25, 0.3) is 0 Å². The maximum atomic E-state index is 10.8. The number of unbranched alkanes of at least 4 members (excludes halogenated alkanes) is 3. The van der Waals surface area contributed by atoms with E-state index in [-0.39, 0.29) is 12.5 Å². The lowest BCUT2D eigenvalue weighted by molar-refractivity contribution is -0.137. The van der Waals surface area contributed by atoms with E-state index < -0.39 is 5.97 Å². The molecule has 0 saturated heterocycles. The molecule has 1 aromatic rings. The molecule has 3 heteroatoms. The fourth-order valence-electron chi connectivity index (χ4n) is 2.42. The van der Waals surface area contributed by atoms with Gasteiger partial charge in [-0.05, 0) is 25.5 Å². The van der Waals surface area contributed by atoms with Crippen molar-refractivity contribution in [2.45, 2.75) is 52.0 Å². The lowest BCUT2D eigenvalue weighted by atomic mass is 10.1. The first kappa shape index (κ1) is 16.7. The van der Waals surface area contributed by atoms with E-state index in [0.29, 0.717) is 6.54 Å². The number of carboxylic acids is 1. The van der Waals surface area contributed by atoms with Gasteiger partial charge in [0, 0.05) is 12.6 Å². The van der Waals surface area contributed by atoms with Gasteiger partial charge in [-0.3, -0.25) is 9.69 Å². The van der Waals surface area contributed by atoms with Crippen LogP contribution >= 0.6 is 0 Å². The molecule has 0 heterocycles. The van der Waals surface area contributed by atoms with Crippen molar-refractivity contribution < 1.29 is 9.90 Å².